The van der Waals surface area contributed by atoms with Crippen LogP contribution in [0.3, 0.4) is 0 Å². The molecule has 5 nitrogen and oxygen atoms in total. The molecular formula is C19H22BrN3O2Si. The summed E-state index contributed by atoms with van der Waals surface area (Å²) in [5.41, 5.74) is 1.12. The van der Waals surface area contributed by atoms with E-state index in [1.54, 1.807) is 16.9 Å². The molecule has 0 aliphatic carbocycles. The first-order chi connectivity index (χ1) is 12.1. The molecule has 3 aromatic rings. The molecule has 136 valence electrons. The van der Waals surface area contributed by atoms with Crippen LogP contribution in [0.2, 0.25) is 5.04 Å². The highest BCUT2D eigenvalue weighted by atomic mass is 79.9. The lowest BCUT2D eigenvalue weighted by Gasteiger charge is -2.29. The van der Waals surface area contributed by atoms with Gasteiger partial charge in [0.1, 0.15) is 5.75 Å². The van der Waals surface area contributed by atoms with Crippen LogP contribution < -0.4 is 0 Å². The quantitative estimate of drug-likeness (QED) is 0.591. The second kappa shape index (κ2) is 6.79. The third-order valence-corrected chi connectivity index (χ3v) is 5.49. The molecule has 2 aromatic heterocycles. The molecule has 2 radical (unpaired) electrons. The summed E-state index contributed by atoms with van der Waals surface area (Å²) < 4.78 is 8.68. The average Bonchev–Trinajstić information content (AvgIpc) is 2.97. The zero-order valence-corrected chi connectivity index (χ0v) is 18.1. The van der Waals surface area contributed by atoms with E-state index < -0.39 is 5.60 Å². The van der Waals surface area contributed by atoms with Crippen LogP contribution in [0.25, 0.3) is 16.7 Å². The number of aromatic hydroxyl groups is 1. The van der Waals surface area contributed by atoms with Crippen LogP contribution in [0.4, 0.5) is 0 Å². The number of halogens is 1. The lowest BCUT2D eigenvalue weighted by molar-refractivity contribution is 0.104. The first-order valence-corrected chi connectivity index (χ1v) is 10.1. The Bertz CT molecular complexity index is 948. The number of fused-ring (bicyclic) bond motifs is 1. The molecule has 1 N–H and O–H groups in total. The van der Waals surface area contributed by atoms with Crippen molar-refractivity contribution in [1.82, 2.24) is 14.8 Å². The van der Waals surface area contributed by atoms with Crippen molar-refractivity contribution >= 4 is 36.6 Å². The van der Waals surface area contributed by atoms with Gasteiger partial charge in [0, 0.05) is 4.47 Å². The lowest BCUT2D eigenvalue weighted by Crippen LogP contribution is -2.28. The van der Waals surface area contributed by atoms with Gasteiger partial charge in [-0.25, -0.2) is 9.67 Å². The Morgan fingerprint density at radius 1 is 1.15 bits per heavy atom. The van der Waals surface area contributed by atoms with Crippen LogP contribution in [-0.2, 0) is 10.0 Å². The van der Waals surface area contributed by atoms with E-state index in [1.807, 2.05) is 38.1 Å². The normalized spacial score (nSPS) is 12.7. The first-order valence-electron chi connectivity index (χ1n) is 8.36. The van der Waals surface area contributed by atoms with Crippen molar-refractivity contribution in [2.24, 2.45) is 0 Å². The third-order valence-electron chi connectivity index (χ3n) is 3.81. The van der Waals surface area contributed by atoms with Crippen LogP contribution in [-0.4, -0.2) is 29.6 Å². The predicted molar refractivity (Wildman–Crippen MR) is 108 cm³/mol. The Balaban J connectivity index is 2.00. The van der Waals surface area contributed by atoms with E-state index in [4.69, 9.17) is 9.41 Å². The van der Waals surface area contributed by atoms with Crippen molar-refractivity contribution in [3.63, 3.8) is 0 Å². The van der Waals surface area contributed by atoms with Crippen LogP contribution >= 0.6 is 15.9 Å². The molecule has 2 heterocycles. The van der Waals surface area contributed by atoms with Crippen molar-refractivity contribution in [3.8, 4) is 11.6 Å². The third kappa shape index (κ3) is 4.00. The van der Waals surface area contributed by atoms with E-state index in [-0.39, 0.29) is 10.8 Å². The van der Waals surface area contributed by atoms with Gasteiger partial charge in [0.15, 0.2) is 5.82 Å². The van der Waals surface area contributed by atoms with Gasteiger partial charge in [0.2, 0.25) is 9.76 Å². The van der Waals surface area contributed by atoms with Crippen LogP contribution in [0.5, 0.6) is 5.75 Å². The topological polar surface area (TPSA) is 60.2 Å². The van der Waals surface area contributed by atoms with Gasteiger partial charge in [0.05, 0.1) is 28.4 Å². The molecule has 7 heteroatoms. The molecule has 0 saturated carbocycles. The minimum absolute atomic E-state index is 0.108. The van der Waals surface area contributed by atoms with Crippen molar-refractivity contribution < 1.29 is 9.53 Å². The number of rotatable bonds is 4. The summed E-state index contributed by atoms with van der Waals surface area (Å²) in [6.45, 7) is 10.5. The number of benzene rings is 1. The maximum Gasteiger partial charge on any atom is 0.237 e. The van der Waals surface area contributed by atoms with Gasteiger partial charge in [-0.15, -0.1) is 0 Å². The summed E-state index contributed by atoms with van der Waals surface area (Å²) in [5.74, 6) is 0.873. The van der Waals surface area contributed by atoms with E-state index in [0.29, 0.717) is 21.0 Å². The van der Waals surface area contributed by atoms with Crippen molar-refractivity contribution in [2.75, 3.05) is 0 Å². The molecule has 0 saturated heterocycles. The van der Waals surface area contributed by atoms with E-state index in [9.17, 15) is 5.11 Å². The molecule has 0 fully saturated rings. The highest BCUT2D eigenvalue weighted by Crippen LogP contribution is 2.31. The van der Waals surface area contributed by atoms with Crippen molar-refractivity contribution in [2.45, 2.75) is 45.3 Å². The van der Waals surface area contributed by atoms with Crippen LogP contribution in [0, 0.1) is 0 Å². The molecule has 0 aliphatic heterocycles. The Hall–Kier alpha value is -1.70. The summed E-state index contributed by atoms with van der Waals surface area (Å²) in [6, 6.07) is 9.39. The van der Waals surface area contributed by atoms with Crippen LogP contribution in [0.1, 0.15) is 40.3 Å². The summed E-state index contributed by atoms with van der Waals surface area (Å²) in [5, 5.41) is 15.3. The Labute approximate surface area is 164 Å². The predicted octanol–water partition coefficient (Wildman–Crippen LogP) is 4.98. The number of nitrogens with zero attached hydrogens (tertiary/aromatic N) is 3. The second-order valence-electron chi connectivity index (χ2n) is 7.76. The Morgan fingerprint density at radius 2 is 1.88 bits per heavy atom. The maximum absolute atomic E-state index is 10.1. The van der Waals surface area contributed by atoms with E-state index in [1.165, 1.54) is 0 Å². The van der Waals surface area contributed by atoms with Gasteiger partial charge in [-0.05, 0) is 43.2 Å². The molecule has 0 bridgehead atoms. The fourth-order valence-corrected chi connectivity index (χ4v) is 3.57. The Kier molecular flexibility index (Phi) is 4.98. The molecule has 0 atom stereocenters. The minimum Gasteiger partial charge on any atom is -0.507 e. The number of pyridine rings is 1. The highest BCUT2D eigenvalue weighted by molar-refractivity contribution is 9.10. The second-order valence-corrected chi connectivity index (χ2v) is 10.6. The largest absolute Gasteiger partial charge is 0.507 e. The molecule has 0 amide bonds. The number of phenols is 1. The number of aromatic nitrogens is 3. The monoisotopic (exact) mass is 431 g/mol. The zero-order chi connectivity index (χ0) is 19.1. The summed E-state index contributed by atoms with van der Waals surface area (Å²) in [6.07, 6.45) is 1.65. The maximum atomic E-state index is 10.1. The van der Waals surface area contributed by atoms with Crippen molar-refractivity contribution in [1.29, 1.82) is 0 Å². The summed E-state index contributed by atoms with van der Waals surface area (Å²) in [4.78, 5) is 4.78. The smallest absolute Gasteiger partial charge is 0.237 e. The van der Waals surface area contributed by atoms with E-state index in [2.05, 4.69) is 41.8 Å². The molecule has 0 unspecified atom stereocenters. The van der Waals surface area contributed by atoms with Gasteiger partial charge >= 0.3 is 0 Å². The van der Waals surface area contributed by atoms with E-state index in [0.717, 1.165) is 15.7 Å². The summed E-state index contributed by atoms with van der Waals surface area (Å²) in [7, 11) is 0.367. The SMILES string of the molecule is CC(C)(C)[Si]OC(C)(C)c1cccc(-n2ncc3c(O)cc(Br)cc32)n1. The molecular weight excluding hydrogens is 410 g/mol. The van der Waals surface area contributed by atoms with Gasteiger partial charge in [-0.2, -0.15) is 5.10 Å². The van der Waals surface area contributed by atoms with Gasteiger partial charge < -0.3 is 9.53 Å². The van der Waals surface area contributed by atoms with Gasteiger partial charge in [-0.3, -0.25) is 0 Å². The minimum atomic E-state index is -0.507. The van der Waals surface area contributed by atoms with Gasteiger partial charge in [-0.1, -0.05) is 42.8 Å². The van der Waals surface area contributed by atoms with E-state index >= 15 is 0 Å². The standard InChI is InChI=1S/C19H22BrN3O2Si/c1-18(2,3)26-25-19(4,5)16-7-6-8-17(22-16)23-14-9-12(20)10-15(24)13(14)11-21-23/h6-11,24H,1-5H3. The molecule has 26 heavy (non-hydrogen) atoms. The number of hydrogen-bond acceptors (Lipinski definition) is 4. The molecule has 1 aromatic carbocycles. The number of hydrogen-bond donors (Lipinski definition) is 1. The fraction of sp³-hybridized carbons (Fsp3) is 0.368. The molecule has 3 rings (SSSR count). The average molecular weight is 432 g/mol. The lowest BCUT2D eigenvalue weighted by atomic mass is 10.1. The number of phenolic OH excluding ortho intramolecular Hbond substituents is 1. The zero-order valence-electron chi connectivity index (χ0n) is 15.5. The first kappa shape index (κ1) is 19.1. The summed E-state index contributed by atoms with van der Waals surface area (Å²) >= 11 is 3.42. The highest BCUT2D eigenvalue weighted by Gasteiger charge is 2.27. The fourth-order valence-electron chi connectivity index (χ4n) is 2.47. The van der Waals surface area contributed by atoms with Crippen LogP contribution in [0.15, 0.2) is 41.0 Å². The molecule has 0 spiro atoms. The molecule has 0 aliphatic rings. The van der Waals surface area contributed by atoms with Gasteiger partial charge in [0.25, 0.3) is 0 Å². The Morgan fingerprint density at radius 3 is 2.58 bits per heavy atom. The van der Waals surface area contributed by atoms with Crippen molar-refractivity contribution in [3.05, 3.63) is 46.7 Å².